The third-order valence-corrected chi connectivity index (χ3v) is 7.11. The summed E-state index contributed by atoms with van der Waals surface area (Å²) in [5, 5.41) is 9.87. The number of hydrogen-bond acceptors (Lipinski definition) is 6. The van der Waals surface area contributed by atoms with Gasteiger partial charge < -0.3 is 9.84 Å². The molecule has 0 aliphatic heterocycles. The first-order valence-corrected chi connectivity index (χ1v) is 10.6. The molecular weight excluding hydrogens is 354 g/mol. The second kappa shape index (κ2) is 8.36. The molecule has 1 fully saturated rings. The van der Waals surface area contributed by atoms with Gasteiger partial charge in [-0.3, -0.25) is 4.79 Å². The molecule has 0 spiro atoms. The molecule has 0 bridgehead atoms. The maximum Gasteiger partial charge on any atom is 0.220 e. The average Bonchev–Trinajstić information content (AvgIpc) is 3.13. The number of nitrogens with zero attached hydrogens (tertiary/aromatic N) is 2. The zero-order valence-electron chi connectivity index (χ0n) is 15.0. The number of aromatic nitrogens is 2. The van der Waals surface area contributed by atoms with Gasteiger partial charge in [0.05, 0.1) is 5.69 Å². The highest BCUT2D eigenvalue weighted by Crippen LogP contribution is 2.35. The predicted octanol–water partition coefficient (Wildman–Crippen LogP) is 4.21. The van der Waals surface area contributed by atoms with Gasteiger partial charge in [0, 0.05) is 34.4 Å². The van der Waals surface area contributed by atoms with Crippen molar-refractivity contribution in [3.05, 3.63) is 28.1 Å². The molecule has 2 heterocycles. The highest BCUT2D eigenvalue weighted by atomic mass is 32.2. The molecule has 5 nitrogen and oxygen atoms in total. The van der Waals surface area contributed by atoms with E-state index in [1.54, 1.807) is 11.3 Å². The highest BCUT2D eigenvalue weighted by Gasteiger charge is 2.24. The molecule has 3 rings (SSSR count). The number of rotatable bonds is 6. The van der Waals surface area contributed by atoms with Gasteiger partial charge in [0.15, 0.2) is 0 Å². The topological polar surface area (TPSA) is 68.0 Å². The Labute approximate surface area is 157 Å². The quantitative estimate of drug-likeness (QED) is 0.814. The number of nitrogens with one attached hydrogen (secondary N) is 1. The van der Waals surface area contributed by atoms with Gasteiger partial charge in [0.25, 0.3) is 0 Å². The van der Waals surface area contributed by atoms with E-state index in [4.69, 9.17) is 4.52 Å². The Morgan fingerprint density at radius 2 is 2.08 bits per heavy atom. The van der Waals surface area contributed by atoms with Gasteiger partial charge in [-0.1, -0.05) is 16.9 Å². The second-order valence-electron chi connectivity index (χ2n) is 6.72. The number of carbonyl (C=O) groups is 1. The first kappa shape index (κ1) is 18.5. The molecule has 0 radical (unpaired) electrons. The lowest BCUT2D eigenvalue weighted by Crippen LogP contribution is -2.38. The number of carbonyl (C=O) groups excluding carboxylic acids is 1. The van der Waals surface area contributed by atoms with Crippen LogP contribution in [0.1, 0.15) is 54.8 Å². The summed E-state index contributed by atoms with van der Waals surface area (Å²) in [6, 6.07) is 0.312. The van der Waals surface area contributed by atoms with E-state index in [0.29, 0.717) is 24.1 Å². The number of amides is 1. The fourth-order valence-electron chi connectivity index (χ4n) is 3.25. The van der Waals surface area contributed by atoms with Crippen molar-refractivity contribution in [2.75, 3.05) is 0 Å². The van der Waals surface area contributed by atoms with Crippen molar-refractivity contribution in [2.24, 2.45) is 0 Å². The van der Waals surface area contributed by atoms with Gasteiger partial charge in [0.1, 0.15) is 10.1 Å². The van der Waals surface area contributed by atoms with Crippen LogP contribution in [0.2, 0.25) is 0 Å². The largest absolute Gasteiger partial charge is 0.361 e. The van der Waals surface area contributed by atoms with Crippen LogP contribution in [0, 0.1) is 20.8 Å². The van der Waals surface area contributed by atoms with Gasteiger partial charge in [-0.2, -0.15) is 0 Å². The van der Waals surface area contributed by atoms with Gasteiger partial charge >= 0.3 is 0 Å². The molecule has 2 aromatic heterocycles. The lowest BCUT2D eigenvalue weighted by atomic mass is 9.94. The lowest BCUT2D eigenvalue weighted by Gasteiger charge is -2.28. The second-order valence-corrected chi connectivity index (χ2v) is 9.12. The minimum atomic E-state index is 0.131. The Hall–Kier alpha value is -1.34. The fourth-order valence-corrected chi connectivity index (χ4v) is 5.54. The summed E-state index contributed by atoms with van der Waals surface area (Å²) in [4.78, 5) is 16.8. The molecule has 1 aliphatic carbocycles. The standard InChI is InChI=1S/C18H25N3O2S2/c1-11-10-24-18(19-11)25-15-6-4-14(5-7-15)20-17(22)9-8-16-12(2)21-23-13(16)3/h10,14-15H,4-9H2,1-3H3,(H,20,22). The summed E-state index contributed by atoms with van der Waals surface area (Å²) in [6.07, 6.45) is 5.58. The van der Waals surface area contributed by atoms with Crippen LogP contribution in [0.4, 0.5) is 0 Å². The van der Waals surface area contributed by atoms with Crippen LogP contribution < -0.4 is 5.32 Å². The third kappa shape index (κ3) is 5.07. The van der Waals surface area contributed by atoms with Crippen molar-refractivity contribution in [2.45, 2.75) is 74.9 Å². The SMILES string of the molecule is Cc1csc(SC2CCC(NC(=O)CCc3c(C)noc3C)CC2)n1. The number of hydrogen-bond donors (Lipinski definition) is 1. The molecule has 0 aromatic carbocycles. The molecular formula is C18H25N3O2S2. The maximum atomic E-state index is 12.2. The Morgan fingerprint density at radius 3 is 2.68 bits per heavy atom. The zero-order valence-corrected chi connectivity index (χ0v) is 16.6. The van der Waals surface area contributed by atoms with E-state index in [-0.39, 0.29) is 5.91 Å². The molecule has 136 valence electrons. The normalized spacial score (nSPS) is 20.6. The number of aryl methyl sites for hydroxylation is 3. The predicted molar refractivity (Wildman–Crippen MR) is 101 cm³/mol. The summed E-state index contributed by atoms with van der Waals surface area (Å²) >= 11 is 3.63. The van der Waals surface area contributed by atoms with E-state index in [2.05, 4.69) is 20.8 Å². The Balaban J connectivity index is 1.39. The monoisotopic (exact) mass is 379 g/mol. The Morgan fingerprint density at radius 1 is 1.32 bits per heavy atom. The lowest BCUT2D eigenvalue weighted by molar-refractivity contribution is -0.121. The van der Waals surface area contributed by atoms with Crippen molar-refractivity contribution in [3.8, 4) is 0 Å². The minimum absolute atomic E-state index is 0.131. The van der Waals surface area contributed by atoms with Crippen molar-refractivity contribution in [1.29, 1.82) is 0 Å². The number of thioether (sulfide) groups is 1. The van der Waals surface area contributed by atoms with Crippen LogP contribution in [0.5, 0.6) is 0 Å². The average molecular weight is 380 g/mol. The van der Waals surface area contributed by atoms with Gasteiger partial charge in [-0.15, -0.1) is 11.3 Å². The first-order chi connectivity index (χ1) is 12.0. The molecule has 1 amide bonds. The van der Waals surface area contributed by atoms with Gasteiger partial charge in [0.2, 0.25) is 5.91 Å². The maximum absolute atomic E-state index is 12.2. The molecule has 2 aromatic rings. The van der Waals surface area contributed by atoms with Crippen molar-refractivity contribution >= 4 is 29.0 Å². The van der Waals surface area contributed by atoms with Crippen LogP contribution in [0.25, 0.3) is 0 Å². The van der Waals surface area contributed by atoms with E-state index in [1.165, 1.54) is 4.34 Å². The molecule has 7 heteroatoms. The summed E-state index contributed by atoms with van der Waals surface area (Å²) in [5.74, 6) is 0.951. The van der Waals surface area contributed by atoms with E-state index in [1.807, 2.05) is 32.5 Å². The van der Waals surface area contributed by atoms with Gasteiger partial charge in [-0.25, -0.2) is 4.98 Å². The third-order valence-electron chi connectivity index (χ3n) is 4.69. The molecule has 1 N–H and O–H groups in total. The minimum Gasteiger partial charge on any atom is -0.361 e. The van der Waals surface area contributed by atoms with Crippen LogP contribution in [-0.2, 0) is 11.2 Å². The first-order valence-electron chi connectivity index (χ1n) is 8.81. The summed E-state index contributed by atoms with van der Waals surface area (Å²) in [7, 11) is 0. The zero-order chi connectivity index (χ0) is 17.8. The molecule has 25 heavy (non-hydrogen) atoms. The Kier molecular flexibility index (Phi) is 6.17. The van der Waals surface area contributed by atoms with E-state index < -0.39 is 0 Å². The van der Waals surface area contributed by atoms with Crippen LogP contribution >= 0.6 is 23.1 Å². The summed E-state index contributed by atoms with van der Waals surface area (Å²) in [6.45, 7) is 5.86. The van der Waals surface area contributed by atoms with E-state index in [9.17, 15) is 4.79 Å². The highest BCUT2D eigenvalue weighted by molar-refractivity contribution is 8.01. The Bertz CT molecular complexity index is 698. The molecule has 0 atom stereocenters. The molecule has 0 saturated heterocycles. The van der Waals surface area contributed by atoms with Crippen molar-refractivity contribution in [3.63, 3.8) is 0 Å². The number of thiazole rings is 1. The smallest absolute Gasteiger partial charge is 0.220 e. The van der Waals surface area contributed by atoms with Crippen LogP contribution in [0.15, 0.2) is 14.2 Å². The van der Waals surface area contributed by atoms with Crippen LogP contribution in [0.3, 0.4) is 0 Å². The van der Waals surface area contributed by atoms with Crippen molar-refractivity contribution in [1.82, 2.24) is 15.5 Å². The van der Waals surface area contributed by atoms with E-state index in [0.717, 1.165) is 48.4 Å². The summed E-state index contributed by atoms with van der Waals surface area (Å²) in [5.41, 5.74) is 3.06. The van der Waals surface area contributed by atoms with Crippen molar-refractivity contribution < 1.29 is 9.32 Å². The molecule has 1 aliphatic rings. The fraction of sp³-hybridized carbons (Fsp3) is 0.611. The van der Waals surface area contributed by atoms with Gasteiger partial charge in [-0.05, 0) is 52.9 Å². The summed E-state index contributed by atoms with van der Waals surface area (Å²) < 4.78 is 6.32. The van der Waals surface area contributed by atoms with Crippen LogP contribution in [-0.4, -0.2) is 27.3 Å². The molecule has 1 saturated carbocycles. The molecule has 0 unspecified atom stereocenters. The van der Waals surface area contributed by atoms with E-state index >= 15 is 0 Å².